The van der Waals surface area contributed by atoms with Crippen molar-refractivity contribution >= 4 is 11.0 Å². The number of imidazole rings is 1. The van der Waals surface area contributed by atoms with Gasteiger partial charge in [-0.1, -0.05) is 12.1 Å². The Morgan fingerprint density at radius 1 is 1.21 bits per heavy atom. The number of aromatic nitrogens is 2. The highest BCUT2D eigenvalue weighted by atomic mass is 15.1. The van der Waals surface area contributed by atoms with E-state index in [1.54, 1.807) is 0 Å². The molecular formula is C16H25N3. The third-order valence-corrected chi connectivity index (χ3v) is 3.19. The van der Waals surface area contributed by atoms with Gasteiger partial charge in [0.25, 0.3) is 0 Å². The Morgan fingerprint density at radius 2 is 1.89 bits per heavy atom. The van der Waals surface area contributed by atoms with Gasteiger partial charge in [-0.2, -0.15) is 0 Å². The van der Waals surface area contributed by atoms with Gasteiger partial charge >= 0.3 is 0 Å². The van der Waals surface area contributed by atoms with Crippen molar-refractivity contribution in [2.24, 2.45) is 0 Å². The molecule has 3 nitrogen and oxygen atoms in total. The summed E-state index contributed by atoms with van der Waals surface area (Å²) in [6, 6.07) is 8.83. The van der Waals surface area contributed by atoms with E-state index in [9.17, 15) is 0 Å². The smallest absolute Gasteiger partial charge is 0.111 e. The highest BCUT2D eigenvalue weighted by Gasteiger charge is 2.14. The molecule has 0 fully saturated rings. The fourth-order valence-corrected chi connectivity index (χ4v) is 2.40. The van der Waals surface area contributed by atoms with Crippen LogP contribution in [-0.4, -0.2) is 21.6 Å². The Balaban J connectivity index is 2.24. The van der Waals surface area contributed by atoms with E-state index in [1.807, 2.05) is 0 Å². The highest BCUT2D eigenvalue weighted by molar-refractivity contribution is 5.76. The maximum absolute atomic E-state index is 4.78. The summed E-state index contributed by atoms with van der Waals surface area (Å²) in [4.78, 5) is 4.78. The Morgan fingerprint density at radius 3 is 2.53 bits per heavy atom. The number of fused-ring (bicyclic) bond motifs is 1. The van der Waals surface area contributed by atoms with E-state index in [4.69, 9.17) is 4.98 Å². The zero-order valence-electron chi connectivity index (χ0n) is 12.7. The molecule has 1 aromatic carbocycles. The summed E-state index contributed by atoms with van der Waals surface area (Å²) in [5.41, 5.74) is 2.50. The molecule has 0 unspecified atom stereocenters. The van der Waals surface area contributed by atoms with Gasteiger partial charge in [0.2, 0.25) is 0 Å². The van der Waals surface area contributed by atoms with Gasteiger partial charge in [0.1, 0.15) is 5.82 Å². The molecule has 0 saturated carbocycles. The summed E-state index contributed by atoms with van der Waals surface area (Å²) in [5.74, 6) is 1.17. The van der Waals surface area contributed by atoms with E-state index < -0.39 is 0 Å². The SMILES string of the molecule is CC(C)n1c(CCNC(C)(C)C)nc2ccccc21. The quantitative estimate of drug-likeness (QED) is 0.910. The summed E-state index contributed by atoms with van der Waals surface area (Å²) in [6.45, 7) is 12.0. The summed E-state index contributed by atoms with van der Waals surface area (Å²) < 4.78 is 2.35. The molecule has 0 aliphatic rings. The first-order valence-corrected chi connectivity index (χ1v) is 7.09. The second kappa shape index (κ2) is 5.33. The minimum Gasteiger partial charge on any atom is -0.325 e. The molecule has 0 radical (unpaired) electrons. The van der Waals surface area contributed by atoms with Gasteiger partial charge in [-0.25, -0.2) is 4.98 Å². The predicted molar refractivity (Wildman–Crippen MR) is 81.6 cm³/mol. The van der Waals surface area contributed by atoms with Crippen LogP contribution in [0.25, 0.3) is 11.0 Å². The molecule has 2 rings (SSSR count). The van der Waals surface area contributed by atoms with Crippen molar-refractivity contribution in [1.82, 2.24) is 14.9 Å². The Kier molecular flexibility index (Phi) is 3.95. The molecule has 0 spiro atoms. The second-order valence-corrected chi connectivity index (χ2v) is 6.41. The molecule has 19 heavy (non-hydrogen) atoms. The van der Waals surface area contributed by atoms with Crippen LogP contribution in [0, 0.1) is 0 Å². The standard InChI is InChI=1S/C16H25N3/c1-12(2)19-14-9-7-6-8-13(14)18-15(19)10-11-17-16(3,4)5/h6-9,12,17H,10-11H2,1-5H3. The van der Waals surface area contributed by atoms with E-state index in [1.165, 1.54) is 11.3 Å². The van der Waals surface area contributed by atoms with Gasteiger partial charge in [-0.05, 0) is 46.8 Å². The molecule has 2 aromatic rings. The van der Waals surface area contributed by atoms with E-state index in [0.29, 0.717) is 6.04 Å². The van der Waals surface area contributed by atoms with Crippen molar-refractivity contribution < 1.29 is 0 Å². The van der Waals surface area contributed by atoms with Crippen molar-refractivity contribution in [3.05, 3.63) is 30.1 Å². The lowest BCUT2D eigenvalue weighted by atomic mass is 10.1. The highest BCUT2D eigenvalue weighted by Crippen LogP contribution is 2.21. The van der Waals surface area contributed by atoms with Crippen molar-refractivity contribution in [1.29, 1.82) is 0 Å². The minimum atomic E-state index is 0.161. The summed E-state index contributed by atoms with van der Waals surface area (Å²) >= 11 is 0. The van der Waals surface area contributed by atoms with Crippen LogP contribution in [0.4, 0.5) is 0 Å². The number of para-hydroxylation sites is 2. The van der Waals surface area contributed by atoms with Gasteiger partial charge in [0, 0.05) is 24.5 Å². The minimum absolute atomic E-state index is 0.161. The van der Waals surface area contributed by atoms with Crippen LogP contribution in [-0.2, 0) is 6.42 Å². The number of benzene rings is 1. The van der Waals surface area contributed by atoms with E-state index in [0.717, 1.165) is 18.5 Å². The van der Waals surface area contributed by atoms with Crippen LogP contribution in [0.1, 0.15) is 46.5 Å². The third kappa shape index (κ3) is 3.35. The normalized spacial score (nSPS) is 12.5. The summed E-state index contributed by atoms with van der Waals surface area (Å²) in [7, 11) is 0. The van der Waals surface area contributed by atoms with Crippen LogP contribution in [0.2, 0.25) is 0 Å². The maximum atomic E-state index is 4.78. The first-order valence-electron chi connectivity index (χ1n) is 7.09. The van der Waals surface area contributed by atoms with Crippen LogP contribution in [0.5, 0.6) is 0 Å². The number of nitrogens with zero attached hydrogens (tertiary/aromatic N) is 2. The van der Waals surface area contributed by atoms with Crippen LogP contribution in [0.3, 0.4) is 0 Å². The topological polar surface area (TPSA) is 29.9 Å². The third-order valence-electron chi connectivity index (χ3n) is 3.19. The molecule has 1 heterocycles. The van der Waals surface area contributed by atoms with Gasteiger partial charge in [0.05, 0.1) is 11.0 Å². The summed E-state index contributed by atoms with van der Waals surface area (Å²) in [6.07, 6.45) is 0.962. The molecule has 1 N–H and O–H groups in total. The number of nitrogens with one attached hydrogen (secondary N) is 1. The van der Waals surface area contributed by atoms with Gasteiger partial charge in [-0.3, -0.25) is 0 Å². The molecule has 0 atom stereocenters. The monoisotopic (exact) mass is 259 g/mol. The van der Waals surface area contributed by atoms with Crippen molar-refractivity contribution in [3.8, 4) is 0 Å². The molecule has 0 aliphatic heterocycles. The lowest BCUT2D eigenvalue weighted by Crippen LogP contribution is -2.37. The fourth-order valence-electron chi connectivity index (χ4n) is 2.40. The van der Waals surface area contributed by atoms with Crippen molar-refractivity contribution in [2.75, 3.05) is 6.54 Å². The van der Waals surface area contributed by atoms with Gasteiger partial charge in [0.15, 0.2) is 0 Å². The number of hydrogen-bond donors (Lipinski definition) is 1. The second-order valence-electron chi connectivity index (χ2n) is 6.41. The first kappa shape index (κ1) is 14.1. The lowest BCUT2D eigenvalue weighted by Gasteiger charge is -2.21. The Labute approximate surface area is 116 Å². The first-order chi connectivity index (χ1) is 8.88. The molecule has 104 valence electrons. The zero-order chi connectivity index (χ0) is 14.0. The van der Waals surface area contributed by atoms with Crippen LogP contribution >= 0.6 is 0 Å². The Hall–Kier alpha value is -1.35. The predicted octanol–water partition coefficient (Wildman–Crippen LogP) is 3.55. The van der Waals surface area contributed by atoms with Gasteiger partial charge in [-0.15, -0.1) is 0 Å². The molecule has 0 aliphatic carbocycles. The zero-order valence-corrected chi connectivity index (χ0v) is 12.7. The van der Waals surface area contributed by atoms with Crippen molar-refractivity contribution in [3.63, 3.8) is 0 Å². The summed E-state index contributed by atoms with van der Waals surface area (Å²) in [5, 5.41) is 3.53. The number of hydrogen-bond acceptors (Lipinski definition) is 2. The molecule has 0 saturated heterocycles. The average Bonchev–Trinajstić information content (AvgIpc) is 2.65. The van der Waals surface area contributed by atoms with E-state index in [2.05, 4.69) is 68.8 Å². The molecule has 0 bridgehead atoms. The van der Waals surface area contributed by atoms with Gasteiger partial charge < -0.3 is 9.88 Å². The van der Waals surface area contributed by atoms with E-state index in [-0.39, 0.29) is 5.54 Å². The maximum Gasteiger partial charge on any atom is 0.111 e. The molecular weight excluding hydrogens is 234 g/mol. The fraction of sp³-hybridized carbons (Fsp3) is 0.562. The molecule has 3 heteroatoms. The average molecular weight is 259 g/mol. The van der Waals surface area contributed by atoms with Crippen LogP contribution in [0.15, 0.2) is 24.3 Å². The van der Waals surface area contributed by atoms with Crippen molar-refractivity contribution in [2.45, 2.75) is 52.6 Å². The largest absolute Gasteiger partial charge is 0.325 e. The Bertz CT molecular complexity index is 547. The molecule has 1 aromatic heterocycles. The van der Waals surface area contributed by atoms with E-state index >= 15 is 0 Å². The van der Waals surface area contributed by atoms with Crippen LogP contribution < -0.4 is 5.32 Å². The lowest BCUT2D eigenvalue weighted by molar-refractivity contribution is 0.424. The molecule has 0 amide bonds. The number of rotatable bonds is 4.